The molecule has 0 aliphatic carbocycles. The van der Waals surface area contributed by atoms with E-state index in [4.69, 9.17) is 23.2 Å². The molecule has 1 heterocycles. The summed E-state index contributed by atoms with van der Waals surface area (Å²) < 4.78 is 53.0. The van der Waals surface area contributed by atoms with E-state index in [0.717, 1.165) is 10.6 Å². The standard InChI is InChI=1S/C21H21Cl2N5O5S2/c1-13-10-14(2)25-21(24-13)27-35(32,33)17-7-5-16(6-8-17)26-20(29)12-28(34(3,30)31)19-9-4-15(22)11-18(19)23/h4-11H,12H2,1-3H3,(H,26,29)(H,24,25,27). The smallest absolute Gasteiger partial charge is 0.264 e. The van der Waals surface area contributed by atoms with Crippen LogP contribution in [0.5, 0.6) is 0 Å². The Balaban J connectivity index is 1.74. The van der Waals surface area contributed by atoms with Crippen LogP contribution in [-0.2, 0) is 24.8 Å². The molecule has 0 aliphatic heterocycles. The number of rotatable bonds is 8. The van der Waals surface area contributed by atoms with Crippen LogP contribution >= 0.6 is 23.2 Å². The lowest BCUT2D eigenvalue weighted by molar-refractivity contribution is -0.114. The van der Waals surface area contributed by atoms with Gasteiger partial charge in [0.05, 0.1) is 21.9 Å². The maximum atomic E-state index is 12.7. The SMILES string of the molecule is Cc1cc(C)nc(NS(=O)(=O)c2ccc(NC(=O)CN(c3ccc(Cl)cc3Cl)S(C)(=O)=O)cc2)n1. The fraction of sp³-hybridized carbons (Fsp3) is 0.190. The summed E-state index contributed by atoms with van der Waals surface area (Å²) in [7, 11) is -7.83. The van der Waals surface area contributed by atoms with Crippen LogP contribution in [0.25, 0.3) is 0 Å². The third-order valence-electron chi connectivity index (χ3n) is 4.52. The second-order valence-corrected chi connectivity index (χ2v) is 12.0. The molecule has 1 aromatic heterocycles. The van der Waals surface area contributed by atoms with Crippen LogP contribution in [0.15, 0.2) is 53.4 Å². The van der Waals surface area contributed by atoms with Gasteiger partial charge in [-0.2, -0.15) is 0 Å². The lowest BCUT2D eigenvalue weighted by Gasteiger charge is -2.23. The van der Waals surface area contributed by atoms with Crippen molar-refractivity contribution in [3.63, 3.8) is 0 Å². The number of anilines is 3. The summed E-state index contributed by atoms with van der Waals surface area (Å²) >= 11 is 12.0. The van der Waals surface area contributed by atoms with Gasteiger partial charge in [0.2, 0.25) is 21.9 Å². The maximum absolute atomic E-state index is 12.7. The summed E-state index contributed by atoms with van der Waals surface area (Å²) in [6.07, 6.45) is 0.942. The number of amides is 1. The quantitative estimate of drug-likeness (QED) is 0.431. The molecule has 0 spiro atoms. The summed E-state index contributed by atoms with van der Waals surface area (Å²) in [4.78, 5) is 20.6. The number of carbonyl (C=O) groups is 1. The summed E-state index contributed by atoms with van der Waals surface area (Å²) in [6, 6.07) is 11.2. The van der Waals surface area contributed by atoms with Crippen LogP contribution in [0.2, 0.25) is 10.0 Å². The van der Waals surface area contributed by atoms with Gasteiger partial charge in [-0.1, -0.05) is 23.2 Å². The molecule has 2 aromatic carbocycles. The first kappa shape index (κ1) is 26.7. The Bertz CT molecular complexity index is 1460. The van der Waals surface area contributed by atoms with E-state index < -0.39 is 32.5 Å². The number of carbonyl (C=O) groups excluding carboxylic acids is 1. The molecule has 0 radical (unpaired) electrons. The number of sulfonamides is 2. The van der Waals surface area contributed by atoms with E-state index in [1.54, 1.807) is 19.9 Å². The van der Waals surface area contributed by atoms with Crippen LogP contribution in [0, 0.1) is 13.8 Å². The Kier molecular flexibility index (Phi) is 7.90. The van der Waals surface area contributed by atoms with Gasteiger partial charge < -0.3 is 5.32 Å². The van der Waals surface area contributed by atoms with Gasteiger partial charge in [0.15, 0.2) is 0 Å². The first-order chi connectivity index (χ1) is 16.2. The molecule has 0 saturated heterocycles. The van der Waals surface area contributed by atoms with Crippen LogP contribution in [-0.4, -0.2) is 45.5 Å². The zero-order valence-corrected chi connectivity index (χ0v) is 21.9. The molecule has 0 unspecified atom stereocenters. The van der Waals surface area contributed by atoms with Gasteiger partial charge in [-0.05, 0) is 62.4 Å². The van der Waals surface area contributed by atoms with Crippen molar-refractivity contribution in [3.05, 3.63) is 70.0 Å². The van der Waals surface area contributed by atoms with Gasteiger partial charge in [-0.15, -0.1) is 0 Å². The molecule has 0 bridgehead atoms. The fourth-order valence-corrected chi connectivity index (χ4v) is 5.44. The van der Waals surface area contributed by atoms with Crippen LogP contribution < -0.4 is 14.3 Å². The third-order valence-corrected chi connectivity index (χ3v) is 7.53. The van der Waals surface area contributed by atoms with E-state index in [1.807, 2.05) is 0 Å². The number of hydrogen-bond donors (Lipinski definition) is 2. The summed E-state index contributed by atoms with van der Waals surface area (Å²) in [5.74, 6) is -0.722. The van der Waals surface area contributed by atoms with Crippen molar-refractivity contribution in [2.75, 3.05) is 27.1 Å². The number of nitrogens with one attached hydrogen (secondary N) is 2. The second kappa shape index (κ2) is 10.4. The monoisotopic (exact) mass is 557 g/mol. The fourth-order valence-electron chi connectivity index (χ4n) is 3.06. The van der Waals surface area contributed by atoms with Crippen LogP contribution in [0.3, 0.4) is 0 Å². The highest BCUT2D eigenvalue weighted by Gasteiger charge is 2.23. The van der Waals surface area contributed by atoms with Crippen molar-refractivity contribution in [3.8, 4) is 0 Å². The highest BCUT2D eigenvalue weighted by Crippen LogP contribution is 2.30. The van der Waals surface area contributed by atoms with Crippen molar-refractivity contribution in [2.45, 2.75) is 18.7 Å². The highest BCUT2D eigenvalue weighted by atomic mass is 35.5. The zero-order valence-electron chi connectivity index (χ0n) is 18.8. The average molecular weight is 558 g/mol. The molecule has 186 valence electrons. The number of aryl methyl sites for hydroxylation is 2. The minimum Gasteiger partial charge on any atom is -0.325 e. The van der Waals surface area contributed by atoms with Gasteiger partial charge in [0, 0.05) is 22.1 Å². The Morgan fingerprint density at radius 1 is 0.943 bits per heavy atom. The number of hydrogen-bond acceptors (Lipinski definition) is 7. The first-order valence-electron chi connectivity index (χ1n) is 9.92. The molecule has 0 fully saturated rings. The summed E-state index contributed by atoms with van der Waals surface area (Å²) in [5, 5.41) is 2.91. The Hall–Kier alpha value is -2.93. The highest BCUT2D eigenvalue weighted by molar-refractivity contribution is 7.92. The normalized spacial score (nSPS) is 11.7. The Morgan fingerprint density at radius 2 is 1.54 bits per heavy atom. The second-order valence-electron chi connectivity index (χ2n) is 7.52. The number of nitrogens with zero attached hydrogens (tertiary/aromatic N) is 3. The number of aromatic nitrogens is 2. The Morgan fingerprint density at radius 3 is 2.09 bits per heavy atom. The number of benzene rings is 2. The van der Waals surface area contributed by atoms with E-state index in [2.05, 4.69) is 20.0 Å². The topological polar surface area (TPSA) is 138 Å². The first-order valence-corrected chi connectivity index (χ1v) is 14.0. The van der Waals surface area contributed by atoms with E-state index >= 15 is 0 Å². The van der Waals surface area contributed by atoms with Crippen molar-refractivity contribution >= 4 is 66.5 Å². The largest absolute Gasteiger partial charge is 0.325 e. The minimum absolute atomic E-state index is 0.0541. The molecule has 3 rings (SSSR count). The van der Waals surface area contributed by atoms with E-state index in [1.165, 1.54) is 42.5 Å². The lowest BCUT2D eigenvalue weighted by Crippen LogP contribution is -2.37. The van der Waals surface area contributed by atoms with Crippen LogP contribution in [0.4, 0.5) is 17.3 Å². The zero-order chi connectivity index (χ0) is 26.0. The van der Waals surface area contributed by atoms with Crippen molar-refractivity contribution in [1.82, 2.24) is 9.97 Å². The molecule has 14 heteroatoms. The molecule has 35 heavy (non-hydrogen) atoms. The van der Waals surface area contributed by atoms with E-state index in [9.17, 15) is 21.6 Å². The van der Waals surface area contributed by atoms with Gasteiger partial charge >= 0.3 is 0 Å². The predicted octanol–water partition coefficient (Wildman–Crippen LogP) is 3.61. The average Bonchev–Trinajstić information content (AvgIpc) is 2.71. The molecule has 2 N–H and O–H groups in total. The molecule has 1 amide bonds. The Labute approximate surface area is 213 Å². The van der Waals surface area contributed by atoms with Crippen molar-refractivity contribution in [2.24, 2.45) is 0 Å². The molecular weight excluding hydrogens is 537 g/mol. The number of halogens is 2. The van der Waals surface area contributed by atoms with Gasteiger partial charge in [0.1, 0.15) is 6.54 Å². The van der Waals surface area contributed by atoms with E-state index in [0.29, 0.717) is 16.4 Å². The van der Waals surface area contributed by atoms with Gasteiger partial charge in [-0.3, -0.25) is 9.10 Å². The van der Waals surface area contributed by atoms with Crippen LogP contribution in [0.1, 0.15) is 11.4 Å². The predicted molar refractivity (Wildman–Crippen MR) is 136 cm³/mol. The summed E-state index contributed by atoms with van der Waals surface area (Å²) in [5.41, 5.74) is 1.56. The summed E-state index contributed by atoms with van der Waals surface area (Å²) in [6.45, 7) is 2.87. The van der Waals surface area contributed by atoms with Gasteiger partial charge in [-0.25, -0.2) is 31.5 Å². The van der Waals surface area contributed by atoms with Gasteiger partial charge in [0.25, 0.3) is 10.0 Å². The minimum atomic E-state index is -3.98. The van der Waals surface area contributed by atoms with Crippen molar-refractivity contribution in [1.29, 1.82) is 0 Å². The van der Waals surface area contributed by atoms with Crippen molar-refractivity contribution < 1.29 is 21.6 Å². The maximum Gasteiger partial charge on any atom is 0.264 e. The van der Waals surface area contributed by atoms with E-state index in [-0.39, 0.29) is 27.2 Å². The molecule has 0 aliphatic rings. The molecule has 0 saturated carbocycles. The lowest BCUT2D eigenvalue weighted by atomic mass is 10.3. The molecule has 3 aromatic rings. The third kappa shape index (κ3) is 7.04. The molecule has 10 nitrogen and oxygen atoms in total. The molecule has 0 atom stereocenters. The molecular formula is C21H21Cl2N5O5S2.